The first-order valence-electron chi connectivity index (χ1n) is 10.2. The Labute approximate surface area is 175 Å². The van der Waals surface area contributed by atoms with E-state index in [4.69, 9.17) is 4.74 Å². The van der Waals surface area contributed by atoms with Crippen LogP contribution in [0.3, 0.4) is 0 Å². The molecule has 0 atom stereocenters. The molecule has 0 aliphatic rings. The van der Waals surface area contributed by atoms with Crippen molar-refractivity contribution in [1.82, 2.24) is 0 Å². The van der Waals surface area contributed by atoms with Gasteiger partial charge in [-0.15, -0.1) is 11.3 Å². The van der Waals surface area contributed by atoms with Gasteiger partial charge in [-0.2, -0.15) is 0 Å². The number of hydrogen-bond acceptors (Lipinski definition) is 4. The summed E-state index contributed by atoms with van der Waals surface area (Å²) in [5, 5.41) is 23.5. The maximum Gasteiger partial charge on any atom is 0.499 e. The number of rotatable bonds is 8. The first-order chi connectivity index (χ1) is 14.2. The van der Waals surface area contributed by atoms with Crippen LogP contribution >= 0.6 is 11.3 Å². The van der Waals surface area contributed by atoms with Crippen LogP contribution < -0.4 is 9.51 Å². The Balaban J connectivity index is 1.87. The van der Waals surface area contributed by atoms with Gasteiger partial charge in [0, 0.05) is 26.0 Å². The van der Waals surface area contributed by atoms with Gasteiger partial charge in [0.1, 0.15) is 5.75 Å². The Bertz CT molecular complexity index is 1060. The van der Waals surface area contributed by atoms with Crippen molar-refractivity contribution in [3.63, 3.8) is 0 Å². The quantitative estimate of drug-likeness (QED) is 0.236. The Morgan fingerprint density at radius 1 is 0.793 bits per heavy atom. The molecule has 0 spiro atoms. The molecule has 0 saturated heterocycles. The standard InChI is InChI=1S/C24H25BO3S/c1-2-3-4-9-16-28-24-19-12-7-5-10-17(19)23(18-11-6-8-13-20(18)24)21-14-15-22(29-21)25(26)27/h5-8,10-15,26-27H,2-4,9,16H2,1H3. The van der Waals surface area contributed by atoms with Crippen LogP contribution in [-0.2, 0) is 0 Å². The van der Waals surface area contributed by atoms with Crippen LogP contribution in [0.25, 0.3) is 32.0 Å². The van der Waals surface area contributed by atoms with E-state index in [0.29, 0.717) is 11.4 Å². The molecule has 0 bridgehead atoms. The van der Waals surface area contributed by atoms with Crippen LogP contribution in [0.5, 0.6) is 5.75 Å². The second-order valence-electron chi connectivity index (χ2n) is 7.28. The summed E-state index contributed by atoms with van der Waals surface area (Å²) in [5.41, 5.74) is 1.12. The summed E-state index contributed by atoms with van der Waals surface area (Å²) in [6.07, 6.45) is 4.69. The molecule has 0 amide bonds. The van der Waals surface area contributed by atoms with Crippen molar-refractivity contribution < 1.29 is 14.8 Å². The average molecular weight is 404 g/mol. The molecule has 5 heteroatoms. The predicted octanol–water partition coefficient (Wildman–Crippen LogP) is 5.36. The van der Waals surface area contributed by atoms with Gasteiger partial charge >= 0.3 is 7.12 Å². The molecule has 0 aliphatic heterocycles. The third-order valence-electron chi connectivity index (χ3n) is 5.25. The number of unbranched alkanes of at least 4 members (excludes halogenated alkanes) is 3. The van der Waals surface area contributed by atoms with Crippen molar-refractivity contribution in [2.75, 3.05) is 6.61 Å². The molecule has 3 nitrogen and oxygen atoms in total. The van der Waals surface area contributed by atoms with E-state index in [1.165, 1.54) is 30.6 Å². The molecule has 4 aromatic rings. The van der Waals surface area contributed by atoms with E-state index in [1.54, 1.807) is 6.07 Å². The van der Waals surface area contributed by atoms with Crippen molar-refractivity contribution in [3.05, 3.63) is 60.7 Å². The monoisotopic (exact) mass is 404 g/mol. The molecule has 0 unspecified atom stereocenters. The van der Waals surface area contributed by atoms with Crippen molar-refractivity contribution >= 4 is 44.8 Å². The van der Waals surface area contributed by atoms with Crippen molar-refractivity contribution in [1.29, 1.82) is 0 Å². The Hall–Kier alpha value is -2.34. The van der Waals surface area contributed by atoms with E-state index in [0.717, 1.165) is 44.2 Å². The largest absolute Gasteiger partial charge is 0.499 e. The molecular formula is C24H25BO3S. The SMILES string of the molecule is CCCCCCOc1c2ccccc2c(-c2ccc(B(O)O)s2)c2ccccc12. The number of thiophene rings is 1. The average Bonchev–Trinajstić information content (AvgIpc) is 3.23. The van der Waals surface area contributed by atoms with Crippen LogP contribution in [-0.4, -0.2) is 23.8 Å². The summed E-state index contributed by atoms with van der Waals surface area (Å²) in [6.45, 7) is 2.93. The van der Waals surface area contributed by atoms with Gasteiger partial charge in [-0.1, -0.05) is 80.8 Å². The molecule has 0 aliphatic carbocycles. The molecule has 1 heterocycles. The third kappa shape index (κ3) is 4.04. The Morgan fingerprint density at radius 2 is 1.41 bits per heavy atom. The van der Waals surface area contributed by atoms with E-state index in [2.05, 4.69) is 31.2 Å². The highest BCUT2D eigenvalue weighted by Crippen LogP contribution is 2.44. The summed E-state index contributed by atoms with van der Waals surface area (Å²) < 4.78 is 6.88. The minimum absolute atomic E-state index is 0.546. The molecule has 148 valence electrons. The first kappa shape index (κ1) is 20.0. The molecule has 2 N–H and O–H groups in total. The highest BCUT2D eigenvalue weighted by molar-refractivity contribution is 7.25. The van der Waals surface area contributed by atoms with Crippen molar-refractivity contribution in [2.45, 2.75) is 32.6 Å². The normalized spacial score (nSPS) is 11.3. The topological polar surface area (TPSA) is 49.7 Å². The van der Waals surface area contributed by atoms with E-state index in [1.807, 2.05) is 30.3 Å². The fourth-order valence-corrected chi connectivity index (χ4v) is 4.79. The zero-order valence-corrected chi connectivity index (χ0v) is 17.4. The van der Waals surface area contributed by atoms with Crippen LogP contribution in [0.4, 0.5) is 0 Å². The molecule has 29 heavy (non-hydrogen) atoms. The highest BCUT2D eigenvalue weighted by atomic mass is 32.1. The number of fused-ring (bicyclic) bond motifs is 2. The van der Waals surface area contributed by atoms with Gasteiger partial charge in [0.2, 0.25) is 0 Å². The summed E-state index contributed by atoms with van der Waals surface area (Å²) in [5.74, 6) is 0.940. The lowest BCUT2D eigenvalue weighted by Crippen LogP contribution is -2.26. The number of hydrogen-bond donors (Lipinski definition) is 2. The van der Waals surface area contributed by atoms with E-state index in [-0.39, 0.29) is 0 Å². The maximum atomic E-state index is 9.56. The minimum atomic E-state index is -1.45. The Morgan fingerprint density at radius 3 is 1.97 bits per heavy atom. The van der Waals surface area contributed by atoms with Crippen LogP contribution in [0.15, 0.2) is 60.7 Å². The highest BCUT2D eigenvalue weighted by Gasteiger charge is 2.19. The zero-order valence-electron chi connectivity index (χ0n) is 16.6. The molecule has 0 saturated carbocycles. The molecular weight excluding hydrogens is 379 g/mol. The fraction of sp³-hybridized carbons (Fsp3) is 0.250. The molecule has 3 aromatic carbocycles. The second kappa shape index (κ2) is 8.99. The van der Waals surface area contributed by atoms with Gasteiger partial charge in [0.25, 0.3) is 0 Å². The summed E-state index contributed by atoms with van der Waals surface area (Å²) >= 11 is 1.42. The summed E-state index contributed by atoms with van der Waals surface area (Å²) in [4.78, 5) is 1.02. The lowest BCUT2D eigenvalue weighted by Gasteiger charge is -2.17. The summed E-state index contributed by atoms with van der Waals surface area (Å²) in [6, 6.07) is 20.4. The molecule has 0 radical (unpaired) electrons. The van der Waals surface area contributed by atoms with Gasteiger partial charge in [-0.25, -0.2) is 0 Å². The Kier molecular flexibility index (Phi) is 6.19. The lowest BCUT2D eigenvalue weighted by atomic mass is 9.89. The minimum Gasteiger partial charge on any atom is -0.492 e. The summed E-state index contributed by atoms with van der Waals surface area (Å²) in [7, 11) is -1.45. The lowest BCUT2D eigenvalue weighted by molar-refractivity contribution is 0.312. The zero-order chi connectivity index (χ0) is 20.2. The number of ether oxygens (including phenoxy) is 1. The van der Waals surface area contributed by atoms with Crippen LogP contribution in [0.2, 0.25) is 0 Å². The maximum absolute atomic E-state index is 9.56. The second-order valence-corrected chi connectivity index (χ2v) is 8.40. The third-order valence-corrected chi connectivity index (χ3v) is 6.40. The fourth-order valence-electron chi connectivity index (χ4n) is 3.84. The van der Waals surface area contributed by atoms with Gasteiger partial charge in [0.05, 0.1) is 6.61 Å². The first-order valence-corrected chi connectivity index (χ1v) is 11.0. The van der Waals surface area contributed by atoms with Crippen molar-refractivity contribution in [3.8, 4) is 16.2 Å². The van der Waals surface area contributed by atoms with E-state index < -0.39 is 7.12 Å². The van der Waals surface area contributed by atoms with E-state index >= 15 is 0 Å². The van der Waals surface area contributed by atoms with Gasteiger partial charge in [0.15, 0.2) is 0 Å². The van der Waals surface area contributed by atoms with Crippen molar-refractivity contribution in [2.24, 2.45) is 0 Å². The van der Waals surface area contributed by atoms with Crippen LogP contribution in [0.1, 0.15) is 32.6 Å². The van der Waals surface area contributed by atoms with Gasteiger partial charge in [-0.05, 0) is 23.3 Å². The number of benzene rings is 3. The van der Waals surface area contributed by atoms with Crippen LogP contribution in [0, 0.1) is 0 Å². The van der Waals surface area contributed by atoms with E-state index in [9.17, 15) is 10.0 Å². The molecule has 0 fully saturated rings. The smallest absolute Gasteiger partial charge is 0.492 e. The van der Waals surface area contributed by atoms with Gasteiger partial charge in [-0.3, -0.25) is 0 Å². The predicted molar refractivity (Wildman–Crippen MR) is 124 cm³/mol. The molecule has 1 aromatic heterocycles. The van der Waals surface area contributed by atoms with Gasteiger partial charge < -0.3 is 14.8 Å². The molecule has 4 rings (SSSR count).